The molecule has 2 N–H and O–H groups in total. The number of benzene rings is 2. The van der Waals surface area contributed by atoms with Gasteiger partial charge in [0.1, 0.15) is 5.82 Å². The first-order chi connectivity index (χ1) is 13.8. The molecule has 4 rings (SSSR count). The highest BCUT2D eigenvalue weighted by atomic mass is 15.2. The second kappa shape index (κ2) is 8.57. The number of nitrogens with zero attached hydrogens (tertiary/aromatic N) is 3. The van der Waals surface area contributed by atoms with E-state index in [4.69, 9.17) is 4.98 Å². The van der Waals surface area contributed by atoms with Crippen LogP contribution in [0.25, 0.3) is 10.9 Å². The Morgan fingerprint density at radius 1 is 1.00 bits per heavy atom. The second-order valence-electron chi connectivity index (χ2n) is 6.77. The third-order valence-corrected chi connectivity index (χ3v) is 4.92. The number of fused-ring (bicyclic) bond motifs is 1. The Balaban J connectivity index is 1.40. The molecule has 0 bridgehead atoms. The quantitative estimate of drug-likeness (QED) is 0.474. The highest BCUT2D eigenvalue weighted by molar-refractivity contribution is 5.83. The van der Waals surface area contributed by atoms with Crippen LogP contribution in [0.2, 0.25) is 0 Å². The van der Waals surface area contributed by atoms with Gasteiger partial charge in [0.2, 0.25) is 5.95 Å². The molecule has 0 aliphatic heterocycles. The van der Waals surface area contributed by atoms with Gasteiger partial charge in [-0.15, -0.1) is 0 Å². The molecule has 0 spiro atoms. The largest absolute Gasteiger partial charge is 0.361 e. The Hall–Kier alpha value is -3.34. The fraction of sp³-hybridized carbons (Fsp3) is 0.217. The maximum Gasteiger partial charge on any atom is 0.224 e. The van der Waals surface area contributed by atoms with Crippen LogP contribution in [0.1, 0.15) is 18.1 Å². The van der Waals surface area contributed by atoms with Gasteiger partial charge in [0.15, 0.2) is 0 Å². The summed E-state index contributed by atoms with van der Waals surface area (Å²) in [6.45, 7) is 4.66. The molecule has 0 aliphatic rings. The van der Waals surface area contributed by atoms with Gasteiger partial charge >= 0.3 is 0 Å². The molecule has 0 saturated carbocycles. The van der Waals surface area contributed by atoms with Crippen LogP contribution in [0.15, 0.2) is 73.1 Å². The lowest BCUT2D eigenvalue weighted by molar-refractivity contribution is 0.809. The van der Waals surface area contributed by atoms with Gasteiger partial charge in [0, 0.05) is 42.9 Å². The van der Waals surface area contributed by atoms with Crippen molar-refractivity contribution in [3.63, 3.8) is 0 Å². The van der Waals surface area contributed by atoms with Crippen LogP contribution in [-0.4, -0.2) is 28.0 Å². The summed E-state index contributed by atoms with van der Waals surface area (Å²) in [5.74, 6) is 1.61. The van der Waals surface area contributed by atoms with E-state index in [1.807, 2.05) is 18.3 Å². The fourth-order valence-electron chi connectivity index (χ4n) is 3.42. The van der Waals surface area contributed by atoms with Crippen molar-refractivity contribution in [2.24, 2.45) is 0 Å². The van der Waals surface area contributed by atoms with Gasteiger partial charge in [-0.2, -0.15) is 4.98 Å². The van der Waals surface area contributed by atoms with Gasteiger partial charge in [-0.1, -0.05) is 48.5 Å². The van der Waals surface area contributed by atoms with E-state index in [1.54, 1.807) is 0 Å². The number of aromatic amines is 1. The Labute approximate surface area is 165 Å². The number of para-hydroxylation sites is 1. The van der Waals surface area contributed by atoms with E-state index < -0.39 is 0 Å². The minimum absolute atomic E-state index is 0.670. The summed E-state index contributed by atoms with van der Waals surface area (Å²) in [5, 5.41) is 4.64. The molecule has 28 heavy (non-hydrogen) atoms. The first-order valence-electron chi connectivity index (χ1n) is 9.74. The summed E-state index contributed by atoms with van der Waals surface area (Å²) < 4.78 is 0. The molecule has 5 nitrogen and oxygen atoms in total. The van der Waals surface area contributed by atoms with Crippen LogP contribution >= 0.6 is 0 Å². The zero-order chi connectivity index (χ0) is 19.2. The number of anilines is 2. The maximum absolute atomic E-state index is 4.72. The molecule has 0 aliphatic carbocycles. The minimum Gasteiger partial charge on any atom is -0.361 e. The zero-order valence-electron chi connectivity index (χ0n) is 16.1. The van der Waals surface area contributed by atoms with Crippen LogP contribution in [0.5, 0.6) is 0 Å². The van der Waals surface area contributed by atoms with Crippen LogP contribution in [0.4, 0.5) is 11.8 Å². The molecular weight excluding hydrogens is 346 g/mol. The first-order valence-corrected chi connectivity index (χ1v) is 9.74. The normalized spacial score (nSPS) is 10.9. The van der Waals surface area contributed by atoms with Crippen molar-refractivity contribution in [2.75, 3.05) is 23.3 Å². The summed E-state index contributed by atoms with van der Waals surface area (Å²) in [4.78, 5) is 14.7. The van der Waals surface area contributed by atoms with Crippen molar-refractivity contribution in [3.8, 4) is 0 Å². The van der Waals surface area contributed by atoms with Gasteiger partial charge in [0.25, 0.3) is 0 Å². The number of H-pyrrole nitrogens is 1. The molecule has 4 aromatic rings. The average Bonchev–Trinajstić information content (AvgIpc) is 3.16. The van der Waals surface area contributed by atoms with Crippen LogP contribution in [-0.2, 0) is 13.0 Å². The molecule has 2 aromatic carbocycles. The van der Waals surface area contributed by atoms with Crippen molar-refractivity contribution in [1.29, 1.82) is 0 Å². The lowest BCUT2D eigenvalue weighted by Gasteiger charge is -2.22. The fourth-order valence-corrected chi connectivity index (χ4v) is 3.42. The number of nitrogens with one attached hydrogen (secondary N) is 2. The molecular formula is C23H25N5. The summed E-state index contributed by atoms with van der Waals surface area (Å²) >= 11 is 0. The lowest BCUT2D eigenvalue weighted by atomic mass is 10.1. The Kier molecular flexibility index (Phi) is 5.52. The van der Waals surface area contributed by atoms with Crippen LogP contribution in [0.3, 0.4) is 0 Å². The first kappa shape index (κ1) is 18.0. The minimum atomic E-state index is 0.670. The average molecular weight is 371 g/mol. The summed E-state index contributed by atoms with van der Waals surface area (Å²) in [7, 11) is 0. The predicted octanol–water partition coefficient (Wildman–Crippen LogP) is 4.64. The SMILES string of the molecule is CCN(Cc1ccccc1)c1ccnc(NCCc2c[nH]c3ccccc23)n1. The number of rotatable bonds is 8. The molecule has 0 saturated heterocycles. The molecule has 5 heteroatoms. The summed E-state index contributed by atoms with van der Waals surface area (Å²) in [6, 6.07) is 20.8. The molecule has 0 fully saturated rings. The van der Waals surface area contributed by atoms with Gasteiger partial charge in [-0.3, -0.25) is 0 Å². The van der Waals surface area contributed by atoms with E-state index >= 15 is 0 Å². The second-order valence-corrected chi connectivity index (χ2v) is 6.77. The number of aromatic nitrogens is 3. The molecule has 0 atom stereocenters. The van der Waals surface area contributed by atoms with Crippen molar-refractivity contribution in [3.05, 3.63) is 84.2 Å². The van der Waals surface area contributed by atoms with Crippen molar-refractivity contribution >= 4 is 22.7 Å². The van der Waals surface area contributed by atoms with E-state index in [0.29, 0.717) is 5.95 Å². The van der Waals surface area contributed by atoms with Gasteiger partial charge in [0.05, 0.1) is 0 Å². The smallest absolute Gasteiger partial charge is 0.224 e. The maximum atomic E-state index is 4.72. The van der Waals surface area contributed by atoms with E-state index in [0.717, 1.165) is 31.9 Å². The monoisotopic (exact) mass is 371 g/mol. The third kappa shape index (κ3) is 4.14. The van der Waals surface area contributed by atoms with Crippen LogP contribution in [0, 0.1) is 0 Å². The predicted molar refractivity (Wildman–Crippen MR) is 116 cm³/mol. The Morgan fingerprint density at radius 3 is 2.68 bits per heavy atom. The molecule has 142 valence electrons. The topological polar surface area (TPSA) is 56.8 Å². The van der Waals surface area contributed by atoms with E-state index in [-0.39, 0.29) is 0 Å². The van der Waals surface area contributed by atoms with E-state index in [2.05, 4.69) is 81.8 Å². The highest BCUT2D eigenvalue weighted by Crippen LogP contribution is 2.19. The zero-order valence-corrected chi connectivity index (χ0v) is 16.1. The lowest BCUT2D eigenvalue weighted by Crippen LogP contribution is -2.23. The van der Waals surface area contributed by atoms with E-state index in [1.165, 1.54) is 22.0 Å². The third-order valence-electron chi connectivity index (χ3n) is 4.92. The van der Waals surface area contributed by atoms with Crippen molar-refractivity contribution < 1.29 is 0 Å². The standard InChI is InChI=1S/C23H25N5/c1-2-28(17-18-8-4-3-5-9-18)22-13-15-25-23(27-22)24-14-12-19-16-26-21-11-7-6-10-20(19)21/h3-11,13,15-16,26H,2,12,14,17H2,1H3,(H,24,25,27). The number of hydrogen-bond acceptors (Lipinski definition) is 4. The van der Waals surface area contributed by atoms with E-state index in [9.17, 15) is 0 Å². The van der Waals surface area contributed by atoms with Crippen molar-refractivity contribution in [2.45, 2.75) is 19.9 Å². The molecule has 2 heterocycles. The molecule has 0 unspecified atom stereocenters. The Morgan fingerprint density at radius 2 is 1.82 bits per heavy atom. The molecule has 0 amide bonds. The Bertz CT molecular complexity index is 1030. The summed E-state index contributed by atoms with van der Waals surface area (Å²) in [6.07, 6.45) is 4.82. The number of hydrogen-bond donors (Lipinski definition) is 2. The summed E-state index contributed by atoms with van der Waals surface area (Å²) in [5.41, 5.74) is 3.76. The highest BCUT2D eigenvalue weighted by Gasteiger charge is 2.09. The van der Waals surface area contributed by atoms with Gasteiger partial charge < -0.3 is 15.2 Å². The molecule has 2 aromatic heterocycles. The molecule has 0 radical (unpaired) electrons. The van der Waals surface area contributed by atoms with Crippen molar-refractivity contribution in [1.82, 2.24) is 15.0 Å². The van der Waals surface area contributed by atoms with Gasteiger partial charge in [-0.25, -0.2) is 4.98 Å². The van der Waals surface area contributed by atoms with Gasteiger partial charge in [-0.05, 0) is 36.6 Å². The van der Waals surface area contributed by atoms with Crippen LogP contribution < -0.4 is 10.2 Å².